The van der Waals surface area contributed by atoms with Crippen LogP contribution in [-0.4, -0.2) is 30.0 Å². The van der Waals surface area contributed by atoms with Gasteiger partial charge >= 0.3 is 0 Å². The third kappa shape index (κ3) is 3.83. The van der Waals surface area contributed by atoms with E-state index in [1.54, 1.807) is 0 Å². The van der Waals surface area contributed by atoms with Crippen LogP contribution in [0.15, 0.2) is 30.3 Å². The predicted octanol–water partition coefficient (Wildman–Crippen LogP) is 3.25. The van der Waals surface area contributed by atoms with Crippen LogP contribution >= 0.6 is 11.6 Å². The van der Waals surface area contributed by atoms with Crippen molar-refractivity contribution >= 4 is 11.6 Å². The highest BCUT2D eigenvalue weighted by Gasteiger charge is 2.44. The first-order chi connectivity index (χ1) is 11.7. The lowest BCUT2D eigenvalue weighted by atomic mass is 9.95. The summed E-state index contributed by atoms with van der Waals surface area (Å²) in [6.45, 7) is -1.21. The molecule has 0 radical (unpaired) electrons. The second-order valence-electron chi connectivity index (χ2n) is 5.21. The molecule has 0 fully saturated rings. The first-order valence-corrected chi connectivity index (χ1v) is 7.26. The average molecular weight is 376 g/mol. The van der Waals surface area contributed by atoms with Gasteiger partial charge in [0.2, 0.25) is 6.54 Å². The van der Waals surface area contributed by atoms with E-state index in [-0.39, 0.29) is 22.0 Å². The van der Waals surface area contributed by atoms with E-state index in [2.05, 4.69) is 4.98 Å². The molecule has 2 rings (SSSR count). The number of nitro groups is 1. The fourth-order valence-electron chi connectivity index (χ4n) is 2.20. The highest BCUT2D eigenvalue weighted by atomic mass is 35.5. The van der Waals surface area contributed by atoms with Crippen LogP contribution in [0.25, 0.3) is 11.3 Å². The molecule has 134 valence electrons. The third-order valence-electron chi connectivity index (χ3n) is 3.53. The van der Waals surface area contributed by atoms with Gasteiger partial charge in [0.1, 0.15) is 17.3 Å². The van der Waals surface area contributed by atoms with Crippen LogP contribution in [0.3, 0.4) is 0 Å². The van der Waals surface area contributed by atoms with Gasteiger partial charge < -0.3 is 10.5 Å². The highest BCUT2D eigenvalue weighted by Crippen LogP contribution is 2.34. The fraction of sp³-hybridized carbons (Fsp3) is 0.267. The van der Waals surface area contributed by atoms with Crippen LogP contribution in [0, 0.1) is 15.9 Å². The maximum atomic E-state index is 13.4. The number of aromatic nitrogens is 1. The predicted molar refractivity (Wildman–Crippen MR) is 84.9 cm³/mol. The molecule has 0 aliphatic carbocycles. The maximum Gasteiger partial charge on any atom is 0.268 e. The molecule has 2 N–H and O–H groups in total. The van der Waals surface area contributed by atoms with Gasteiger partial charge in [-0.05, 0) is 30.3 Å². The Morgan fingerprint density at radius 1 is 1.40 bits per heavy atom. The van der Waals surface area contributed by atoms with Gasteiger partial charge in [0.15, 0.2) is 5.54 Å². The summed E-state index contributed by atoms with van der Waals surface area (Å²) in [6.07, 6.45) is -3.23. The largest absolute Gasteiger partial charge is 0.494 e. The summed E-state index contributed by atoms with van der Waals surface area (Å²) < 4.78 is 45.2. The summed E-state index contributed by atoms with van der Waals surface area (Å²) in [4.78, 5) is 13.8. The molecular formula is C15H13ClF3N3O3. The Bertz CT molecular complexity index is 807. The van der Waals surface area contributed by atoms with E-state index in [1.165, 1.54) is 25.3 Å². The van der Waals surface area contributed by atoms with Gasteiger partial charge in [-0.25, -0.2) is 18.2 Å². The number of nitrogens with zero attached hydrogens (tertiary/aromatic N) is 2. The molecule has 0 aliphatic heterocycles. The van der Waals surface area contributed by atoms with Crippen LogP contribution < -0.4 is 10.5 Å². The summed E-state index contributed by atoms with van der Waals surface area (Å²) in [6, 6.07) is 6.07. The third-order valence-corrected chi connectivity index (χ3v) is 3.82. The first-order valence-electron chi connectivity index (χ1n) is 6.88. The van der Waals surface area contributed by atoms with Crippen LogP contribution in [-0.2, 0) is 5.54 Å². The van der Waals surface area contributed by atoms with Crippen molar-refractivity contribution in [3.63, 3.8) is 0 Å². The lowest BCUT2D eigenvalue weighted by Gasteiger charge is -2.24. The number of methoxy groups -OCH3 is 1. The number of halogens is 4. The molecule has 0 aliphatic rings. The molecule has 0 spiro atoms. The van der Waals surface area contributed by atoms with Crippen LogP contribution in [0.5, 0.6) is 5.75 Å². The van der Waals surface area contributed by atoms with Gasteiger partial charge in [0, 0.05) is 10.5 Å². The smallest absolute Gasteiger partial charge is 0.268 e. The minimum absolute atomic E-state index is 0.0562. The van der Waals surface area contributed by atoms with Crippen LogP contribution in [0.2, 0.25) is 5.02 Å². The number of ether oxygens (including phenoxy) is 1. The maximum absolute atomic E-state index is 13.4. The summed E-state index contributed by atoms with van der Waals surface area (Å²) in [5, 5.41) is 10.5. The van der Waals surface area contributed by atoms with Gasteiger partial charge in [-0.1, -0.05) is 11.6 Å². The van der Waals surface area contributed by atoms with Gasteiger partial charge in [0.05, 0.1) is 17.8 Å². The van der Waals surface area contributed by atoms with Crippen molar-refractivity contribution in [3.8, 4) is 17.0 Å². The van der Waals surface area contributed by atoms with E-state index in [1.807, 2.05) is 0 Å². The molecule has 2 aromatic rings. The molecule has 25 heavy (non-hydrogen) atoms. The van der Waals surface area contributed by atoms with Crippen molar-refractivity contribution < 1.29 is 22.8 Å². The molecule has 1 aromatic heterocycles. The Balaban J connectivity index is 2.63. The van der Waals surface area contributed by atoms with Crippen molar-refractivity contribution in [2.24, 2.45) is 5.73 Å². The Kier molecular flexibility index (Phi) is 5.48. The Morgan fingerprint density at radius 2 is 2.08 bits per heavy atom. The number of rotatable bonds is 6. The fourth-order valence-corrected chi connectivity index (χ4v) is 2.38. The molecular weight excluding hydrogens is 363 g/mol. The second kappa shape index (κ2) is 7.24. The van der Waals surface area contributed by atoms with E-state index in [9.17, 15) is 23.3 Å². The van der Waals surface area contributed by atoms with E-state index in [0.717, 1.165) is 12.1 Å². The normalized spacial score (nSPS) is 13.6. The molecule has 6 nitrogen and oxygen atoms in total. The molecule has 0 amide bonds. The first kappa shape index (κ1) is 18.9. The van der Waals surface area contributed by atoms with Crippen molar-refractivity contribution in [2.75, 3.05) is 13.7 Å². The van der Waals surface area contributed by atoms with Crippen molar-refractivity contribution in [3.05, 3.63) is 57.0 Å². The second-order valence-corrected chi connectivity index (χ2v) is 5.62. The van der Waals surface area contributed by atoms with Gasteiger partial charge in [-0.2, -0.15) is 0 Å². The van der Waals surface area contributed by atoms with Gasteiger partial charge in [-0.15, -0.1) is 0 Å². The molecule has 0 saturated heterocycles. The van der Waals surface area contributed by atoms with E-state index < -0.39 is 34.9 Å². The van der Waals surface area contributed by atoms with Crippen LogP contribution in [0.4, 0.5) is 13.2 Å². The van der Waals surface area contributed by atoms with Crippen LogP contribution in [0.1, 0.15) is 5.69 Å². The molecule has 10 heteroatoms. The lowest BCUT2D eigenvalue weighted by molar-refractivity contribution is -0.494. The molecule has 1 aromatic carbocycles. The summed E-state index contributed by atoms with van der Waals surface area (Å²) >= 11 is 5.73. The van der Waals surface area contributed by atoms with Crippen molar-refractivity contribution in [1.82, 2.24) is 4.98 Å². The number of benzene rings is 1. The molecule has 1 atom stereocenters. The zero-order chi connectivity index (χ0) is 18.8. The quantitative estimate of drug-likeness (QED) is 0.618. The minimum atomic E-state index is -3.23. The van der Waals surface area contributed by atoms with E-state index in [0.29, 0.717) is 0 Å². The summed E-state index contributed by atoms with van der Waals surface area (Å²) in [5.41, 5.74) is 2.93. The molecule has 1 heterocycles. The topological polar surface area (TPSA) is 91.3 Å². The SMILES string of the molecule is COc1ccc(C(N)(C[N+](=O)[O-])C(F)F)nc1-c1ccc(F)c(Cl)c1. The molecule has 1 unspecified atom stereocenters. The monoisotopic (exact) mass is 375 g/mol. The number of hydrogen-bond acceptors (Lipinski definition) is 5. The Labute approximate surface area is 145 Å². The minimum Gasteiger partial charge on any atom is -0.494 e. The lowest BCUT2D eigenvalue weighted by Crippen LogP contribution is -2.50. The van der Waals surface area contributed by atoms with E-state index in [4.69, 9.17) is 22.1 Å². The number of pyridine rings is 1. The summed E-state index contributed by atoms with van der Waals surface area (Å²) in [7, 11) is 1.32. The van der Waals surface area contributed by atoms with Gasteiger partial charge in [-0.3, -0.25) is 10.1 Å². The number of nitrogens with two attached hydrogens (primary N) is 1. The zero-order valence-electron chi connectivity index (χ0n) is 12.9. The Hall–Kier alpha value is -2.39. The summed E-state index contributed by atoms with van der Waals surface area (Å²) in [5.74, 6) is -0.487. The van der Waals surface area contributed by atoms with Gasteiger partial charge in [0.25, 0.3) is 6.43 Å². The highest BCUT2D eigenvalue weighted by molar-refractivity contribution is 6.31. The van der Waals surface area contributed by atoms with Crippen molar-refractivity contribution in [1.29, 1.82) is 0 Å². The van der Waals surface area contributed by atoms with E-state index >= 15 is 0 Å². The Morgan fingerprint density at radius 3 is 2.60 bits per heavy atom. The van der Waals surface area contributed by atoms with Crippen molar-refractivity contribution in [2.45, 2.75) is 12.0 Å². The molecule has 0 saturated carbocycles. The zero-order valence-corrected chi connectivity index (χ0v) is 13.6. The standard InChI is InChI=1S/C15H13ClF3N3O3/c1-25-11-4-5-12(15(20,14(18)19)7-22(23)24)21-13(11)8-2-3-10(17)9(16)6-8/h2-6,14H,7,20H2,1H3. The number of hydrogen-bond donors (Lipinski definition) is 1. The number of alkyl halides is 2. The molecule has 0 bridgehead atoms. The average Bonchev–Trinajstić information content (AvgIpc) is 2.56.